The molecule has 7 heteroatoms. The number of pyridine rings is 1. The molecule has 2 aromatic rings. The fourth-order valence-electron chi connectivity index (χ4n) is 1.82. The van der Waals surface area contributed by atoms with Crippen LogP contribution in [0.25, 0.3) is 0 Å². The molecule has 0 aliphatic rings. The fraction of sp³-hybridized carbons (Fsp3) is 0.143. The van der Waals surface area contributed by atoms with Crippen LogP contribution in [0.5, 0.6) is 0 Å². The van der Waals surface area contributed by atoms with Crippen molar-refractivity contribution in [1.82, 2.24) is 10.3 Å². The van der Waals surface area contributed by atoms with Crippen LogP contribution >= 0.6 is 0 Å². The van der Waals surface area contributed by atoms with E-state index < -0.39 is 10.8 Å². The average Bonchev–Trinajstić information content (AvgIpc) is 2.45. The molecule has 3 N–H and O–H groups in total. The van der Waals surface area contributed by atoms with Gasteiger partial charge in [-0.15, -0.1) is 0 Å². The van der Waals surface area contributed by atoms with Crippen molar-refractivity contribution in [2.45, 2.75) is 13.5 Å². The van der Waals surface area contributed by atoms with E-state index in [0.717, 1.165) is 11.8 Å². The Hall–Kier alpha value is -2.96. The number of rotatable bonds is 4. The number of nitro groups is 1. The van der Waals surface area contributed by atoms with Gasteiger partial charge in [-0.2, -0.15) is 0 Å². The number of aromatic nitrogens is 1. The summed E-state index contributed by atoms with van der Waals surface area (Å²) in [6, 6.07) is 9.24. The van der Waals surface area contributed by atoms with Gasteiger partial charge in [0.2, 0.25) is 0 Å². The van der Waals surface area contributed by atoms with Crippen molar-refractivity contribution < 1.29 is 9.72 Å². The average molecular weight is 286 g/mol. The van der Waals surface area contributed by atoms with Crippen LogP contribution in [0.1, 0.15) is 21.7 Å². The van der Waals surface area contributed by atoms with Crippen molar-refractivity contribution >= 4 is 17.3 Å². The molecule has 0 aliphatic carbocycles. The third-order valence-corrected chi connectivity index (χ3v) is 2.87. The second kappa shape index (κ2) is 6.00. The van der Waals surface area contributed by atoms with Crippen molar-refractivity contribution in [2.75, 3.05) is 5.73 Å². The SMILES string of the molecule is Cc1cccc(CNC(=O)c2cc([N+](=O)[O-])ccc2N)n1. The number of non-ortho nitro benzene ring substituents is 1. The Labute approximate surface area is 121 Å². The van der Waals surface area contributed by atoms with Gasteiger partial charge < -0.3 is 11.1 Å². The minimum atomic E-state index is -0.571. The first kappa shape index (κ1) is 14.4. The van der Waals surface area contributed by atoms with Crippen molar-refractivity contribution in [1.29, 1.82) is 0 Å². The minimum Gasteiger partial charge on any atom is -0.398 e. The third-order valence-electron chi connectivity index (χ3n) is 2.87. The molecule has 1 aromatic heterocycles. The Balaban J connectivity index is 2.13. The van der Waals surface area contributed by atoms with Crippen LogP contribution in [0.3, 0.4) is 0 Å². The molecule has 0 unspecified atom stereocenters. The zero-order valence-corrected chi connectivity index (χ0v) is 11.4. The highest BCUT2D eigenvalue weighted by Crippen LogP contribution is 2.19. The van der Waals surface area contributed by atoms with Crippen molar-refractivity contribution in [3.63, 3.8) is 0 Å². The molecule has 0 atom stereocenters. The highest BCUT2D eigenvalue weighted by atomic mass is 16.6. The van der Waals surface area contributed by atoms with Gasteiger partial charge in [-0.05, 0) is 25.1 Å². The molecule has 1 aromatic carbocycles. The third kappa shape index (κ3) is 3.53. The summed E-state index contributed by atoms with van der Waals surface area (Å²) >= 11 is 0. The van der Waals surface area contributed by atoms with Gasteiger partial charge in [0.25, 0.3) is 11.6 Å². The second-order valence-corrected chi connectivity index (χ2v) is 4.48. The number of carbonyl (C=O) groups is 1. The molecule has 7 nitrogen and oxygen atoms in total. The van der Waals surface area contributed by atoms with E-state index in [0.29, 0.717) is 5.69 Å². The van der Waals surface area contributed by atoms with Crippen LogP contribution in [0.4, 0.5) is 11.4 Å². The van der Waals surface area contributed by atoms with E-state index in [-0.39, 0.29) is 23.5 Å². The standard InChI is InChI=1S/C14H14N4O3/c1-9-3-2-4-10(17-9)8-16-14(19)12-7-11(18(20)21)5-6-13(12)15/h2-7H,8,15H2,1H3,(H,16,19). The van der Waals surface area contributed by atoms with Crippen molar-refractivity contribution in [3.05, 3.63) is 63.5 Å². The quantitative estimate of drug-likeness (QED) is 0.506. The number of hydrogen-bond donors (Lipinski definition) is 2. The number of amides is 1. The highest BCUT2D eigenvalue weighted by Gasteiger charge is 2.15. The molecule has 0 saturated carbocycles. The van der Waals surface area contributed by atoms with Gasteiger partial charge in [-0.3, -0.25) is 19.9 Å². The summed E-state index contributed by atoms with van der Waals surface area (Å²) in [5, 5.41) is 13.4. The topological polar surface area (TPSA) is 111 Å². The highest BCUT2D eigenvalue weighted by molar-refractivity contribution is 5.99. The van der Waals surface area contributed by atoms with E-state index >= 15 is 0 Å². The van der Waals surface area contributed by atoms with Gasteiger partial charge >= 0.3 is 0 Å². The monoisotopic (exact) mass is 286 g/mol. The number of aryl methyl sites for hydroxylation is 1. The lowest BCUT2D eigenvalue weighted by atomic mass is 10.1. The lowest BCUT2D eigenvalue weighted by molar-refractivity contribution is -0.384. The normalized spacial score (nSPS) is 10.1. The molecule has 0 spiro atoms. The van der Waals surface area contributed by atoms with E-state index in [1.165, 1.54) is 12.1 Å². The van der Waals surface area contributed by atoms with Gasteiger partial charge in [-0.1, -0.05) is 6.07 Å². The molecule has 1 heterocycles. The van der Waals surface area contributed by atoms with Crippen LogP contribution in [0.2, 0.25) is 0 Å². The van der Waals surface area contributed by atoms with Gasteiger partial charge in [0.1, 0.15) is 0 Å². The lowest BCUT2D eigenvalue weighted by Crippen LogP contribution is -2.24. The van der Waals surface area contributed by atoms with Crippen molar-refractivity contribution in [2.24, 2.45) is 0 Å². The number of hydrogen-bond acceptors (Lipinski definition) is 5. The fourth-order valence-corrected chi connectivity index (χ4v) is 1.82. The summed E-state index contributed by atoms with van der Waals surface area (Å²) in [6.07, 6.45) is 0. The number of nitrogens with two attached hydrogens (primary N) is 1. The molecule has 21 heavy (non-hydrogen) atoms. The zero-order chi connectivity index (χ0) is 15.4. The summed E-state index contributed by atoms with van der Waals surface area (Å²) in [5.41, 5.74) is 7.32. The predicted molar refractivity (Wildman–Crippen MR) is 77.7 cm³/mol. The van der Waals surface area contributed by atoms with Crippen LogP contribution in [0, 0.1) is 17.0 Å². The summed E-state index contributed by atoms with van der Waals surface area (Å²) in [5.74, 6) is -0.473. The summed E-state index contributed by atoms with van der Waals surface area (Å²) in [4.78, 5) is 26.5. The zero-order valence-electron chi connectivity index (χ0n) is 11.4. The van der Waals surface area contributed by atoms with E-state index in [1.54, 1.807) is 6.07 Å². The number of nitrogen functional groups attached to an aromatic ring is 1. The summed E-state index contributed by atoms with van der Waals surface area (Å²) < 4.78 is 0. The van der Waals surface area contributed by atoms with Crippen LogP contribution in [0.15, 0.2) is 36.4 Å². The molecule has 1 amide bonds. The molecule has 0 bridgehead atoms. The number of benzene rings is 1. The maximum absolute atomic E-state index is 12.1. The van der Waals surface area contributed by atoms with E-state index in [2.05, 4.69) is 10.3 Å². The van der Waals surface area contributed by atoms with Gasteiger partial charge in [-0.25, -0.2) is 0 Å². The van der Waals surface area contributed by atoms with Gasteiger partial charge in [0.15, 0.2) is 0 Å². The lowest BCUT2D eigenvalue weighted by Gasteiger charge is -2.07. The van der Waals surface area contributed by atoms with Crippen molar-refractivity contribution in [3.8, 4) is 0 Å². The Morgan fingerprint density at radius 1 is 1.38 bits per heavy atom. The molecule has 108 valence electrons. The first-order valence-corrected chi connectivity index (χ1v) is 6.22. The first-order valence-electron chi connectivity index (χ1n) is 6.22. The van der Waals surface area contributed by atoms with E-state index in [1.807, 2.05) is 19.1 Å². The Bertz CT molecular complexity index is 700. The number of anilines is 1. The maximum Gasteiger partial charge on any atom is 0.270 e. The number of nitrogens with zero attached hydrogens (tertiary/aromatic N) is 2. The number of carbonyl (C=O) groups excluding carboxylic acids is 1. The minimum absolute atomic E-state index is 0.0804. The van der Waals surface area contributed by atoms with E-state index in [9.17, 15) is 14.9 Å². The van der Waals surface area contributed by atoms with Crippen LogP contribution < -0.4 is 11.1 Å². The Kier molecular flexibility index (Phi) is 4.13. The molecule has 2 rings (SSSR count). The van der Waals surface area contributed by atoms with Crippen LogP contribution in [-0.2, 0) is 6.54 Å². The number of nitro benzene ring substituents is 1. The Morgan fingerprint density at radius 2 is 2.14 bits per heavy atom. The van der Waals surface area contributed by atoms with Gasteiger partial charge in [0.05, 0.1) is 22.7 Å². The predicted octanol–water partition coefficient (Wildman–Crippen LogP) is 1.81. The van der Waals surface area contributed by atoms with Gasteiger partial charge in [0, 0.05) is 23.5 Å². The second-order valence-electron chi connectivity index (χ2n) is 4.48. The first-order chi connectivity index (χ1) is 9.97. The molecule has 0 saturated heterocycles. The van der Waals surface area contributed by atoms with Crippen LogP contribution in [-0.4, -0.2) is 15.8 Å². The number of nitrogens with one attached hydrogen (secondary N) is 1. The molecule has 0 fully saturated rings. The molecule has 0 aliphatic heterocycles. The molecular weight excluding hydrogens is 272 g/mol. The van der Waals surface area contributed by atoms with E-state index in [4.69, 9.17) is 5.73 Å². The molecule has 0 radical (unpaired) electrons. The Morgan fingerprint density at radius 3 is 2.81 bits per heavy atom. The smallest absolute Gasteiger partial charge is 0.270 e. The summed E-state index contributed by atoms with van der Waals surface area (Å²) in [6.45, 7) is 2.08. The maximum atomic E-state index is 12.1. The largest absolute Gasteiger partial charge is 0.398 e. The molecular formula is C14H14N4O3. The summed E-state index contributed by atoms with van der Waals surface area (Å²) in [7, 11) is 0.